The second-order valence-electron chi connectivity index (χ2n) is 3.49. The van der Waals surface area contributed by atoms with Crippen molar-refractivity contribution in [3.05, 3.63) is 21.3 Å². The second kappa shape index (κ2) is 2.65. The molecule has 0 radical (unpaired) electrons. The molecular formula is C8H8ClF2NS. The summed E-state index contributed by atoms with van der Waals surface area (Å²) >= 11 is 7.03. The molecule has 0 saturated heterocycles. The Balaban J connectivity index is 2.20. The maximum atomic E-state index is 12.6. The highest BCUT2D eigenvalue weighted by Crippen LogP contribution is 2.51. The average Bonchev–Trinajstić information content (AvgIpc) is 2.31. The summed E-state index contributed by atoms with van der Waals surface area (Å²) in [6, 6.07) is 1.67. The number of hydrogen-bond acceptors (Lipinski definition) is 2. The van der Waals surface area contributed by atoms with Gasteiger partial charge in [-0.2, -0.15) is 0 Å². The lowest BCUT2D eigenvalue weighted by atomic mass is 9.73. The molecule has 0 atom stereocenters. The Bertz CT molecular complexity index is 329. The van der Waals surface area contributed by atoms with E-state index in [1.807, 2.05) is 0 Å². The highest BCUT2D eigenvalue weighted by Gasteiger charge is 2.55. The molecule has 1 heterocycles. The van der Waals surface area contributed by atoms with E-state index < -0.39 is 11.5 Å². The van der Waals surface area contributed by atoms with E-state index in [0.29, 0.717) is 5.02 Å². The molecule has 72 valence electrons. The lowest BCUT2D eigenvalue weighted by molar-refractivity contribution is -0.123. The minimum absolute atomic E-state index is 0.267. The summed E-state index contributed by atoms with van der Waals surface area (Å²) in [7, 11) is 0. The van der Waals surface area contributed by atoms with Gasteiger partial charge in [0.15, 0.2) is 0 Å². The van der Waals surface area contributed by atoms with Crippen molar-refractivity contribution in [2.45, 2.75) is 24.3 Å². The van der Waals surface area contributed by atoms with Crippen LogP contribution in [0.3, 0.4) is 0 Å². The third-order valence-electron chi connectivity index (χ3n) is 2.21. The van der Waals surface area contributed by atoms with Crippen molar-refractivity contribution in [1.82, 2.24) is 0 Å². The van der Waals surface area contributed by atoms with Gasteiger partial charge in [-0.1, -0.05) is 11.6 Å². The van der Waals surface area contributed by atoms with Crippen LogP contribution in [0, 0.1) is 0 Å². The first-order valence-corrected chi connectivity index (χ1v) is 5.08. The number of alkyl halides is 2. The van der Waals surface area contributed by atoms with Crippen LogP contribution < -0.4 is 5.73 Å². The van der Waals surface area contributed by atoms with E-state index in [1.165, 1.54) is 11.3 Å². The molecular weight excluding hydrogens is 216 g/mol. The molecule has 5 heteroatoms. The third kappa shape index (κ3) is 1.58. The van der Waals surface area contributed by atoms with E-state index in [0.717, 1.165) is 4.88 Å². The highest BCUT2D eigenvalue weighted by atomic mass is 35.5. The van der Waals surface area contributed by atoms with E-state index in [4.69, 9.17) is 17.3 Å². The Morgan fingerprint density at radius 1 is 1.46 bits per heavy atom. The molecule has 0 aliphatic heterocycles. The molecule has 0 spiro atoms. The molecule has 2 N–H and O–H groups in total. The number of thiophene rings is 1. The van der Waals surface area contributed by atoms with Crippen molar-refractivity contribution in [1.29, 1.82) is 0 Å². The molecule has 1 aromatic heterocycles. The van der Waals surface area contributed by atoms with Gasteiger partial charge in [-0.05, 0) is 6.07 Å². The Labute approximate surface area is 83.5 Å². The largest absolute Gasteiger partial charge is 0.320 e. The predicted molar refractivity (Wildman–Crippen MR) is 49.4 cm³/mol. The van der Waals surface area contributed by atoms with Crippen LogP contribution in [0.5, 0.6) is 0 Å². The normalized spacial score (nSPS) is 24.0. The van der Waals surface area contributed by atoms with Crippen LogP contribution in [0.1, 0.15) is 17.7 Å². The SMILES string of the molecule is NC1(c2cc(Cl)cs2)CC(F)(F)C1. The molecule has 2 rings (SSSR count). The van der Waals surface area contributed by atoms with E-state index in [-0.39, 0.29) is 12.8 Å². The van der Waals surface area contributed by atoms with Crippen molar-refractivity contribution in [3.63, 3.8) is 0 Å². The quantitative estimate of drug-likeness (QED) is 0.778. The van der Waals surface area contributed by atoms with Crippen molar-refractivity contribution in [2.24, 2.45) is 5.73 Å². The standard InChI is InChI=1S/C8H8ClF2NS/c9-5-1-6(13-2-5)7(12)3-8(10,11)4-7/h1-2H,3-4,12H2. The van der Waals surface area contributed by atoms with Crippen LogP contribution in [0.25, 0.3) is 0 Å². The van der Waals surface area contributed by atoms with Crippen molar-refractivity contribution < 1.29 is 8.78 Å². The molecule has 0 aromatic carbocycles. The summed E-state index contributed by atoms with van der Waals surface area (Å²) < 4.78 is 25.2. The average molecular weight is 224 g/mol. The zero-order valence-electron chi connectivity index (χ0n) is 6.69. The Morgan fingerprint density at radius 2 is 2.08 bits per heavy atom. The topological polar surface area (TPSA) is 26.0 Å². The van der Waals surface area contributed by atoms with Gasteiger partial charge < -0.3 is 5.73 Å². The zero-order valence-corrected chi connectivity index (χ0v) is 8.26. The second-order valence-corrected chi connectivity index (χ2v) is 4.84. The van der Waals surface area contributed by atoms with Gasteiger partial charge >= 0.3 is 0 Å². The monoisotopic (exact) mass is 223 g/mol. The molecule has 1 nitrogen and oxygen atoms in total. The number of hydrogen-bond donors (Lipinski definition) is 1. The summed E-state index contributed by atoms with van der Waals surface area (Å²) in [5, 5.41) is 2.28. The van der Waals surface area contributed by atoms with Crippen LogP contribution in [0.15, 0.2) is 11.4 Å². The number of nitrogens with two attached hydrogens (primary N) is 1. The van der Waals surface area contributed by atoms with Crippen LogP contribution in [-0.2, 0) is 5.54 Å². The van der Waals surface area contributed by atoms with E-state index in [2.05, 4.69) is 0 Å². The summed E-state index contributed by atoms with van der Waals surface area (Å²) in [6.45, 7) is 0. The van der Waals surface area contributed by atoms with Crippen LogP contribution in [0.2, 0.25) is 5.02 Å². The minimum Gasteiger partial charge on any atom is -0.320 e. The first-order chi connectivity index (χ1) is 5.91. The van der Waals surface area contributed by atoms with Gasteiger partial charge in [-0.3, -0.25) is 0 Å². The van der Waals surface area contributed by atoms with Gasteiger partial charge in [-0.25, -0.2) is 8.78 Å². The molecule has 1 saturated carbocycles. The van der Waals surface area contributed by atoms with Crippen LogP contribution in [0.4, 0.5) is 8.78 Å². The fourth-order valence-electron chi connectivity index (χ4n) is 1.62. The Kier molecular flexibility index (Phi) is 1.91. The lowest BCUT2D eigenvalue weighted by Crippen LogP contribution is -2.55. The predicted octanol–water partition coefficient (Wildman–Crippen LogP) is 2.98. The van der Waals surface area contributed by atoms with Crippen LogP contribution >= 0.6 is 22.9 Å². The molecule has 1 aliphatic rings. The Morgan fingerprint density at radius 3 is 2.46 bits per heavy atom. The van der Waals surface area contributed by atoms with Gasteiger partial charge in [0.1, 0.15) is 0 Å². The highest BCUT2D eigenvalue weighted by molar-refractivity contribution is 7.10. The zero-order chi connectivity index (χ0) is 9.69. The summed E-state index contributed by atoms with van der Waals surface area (Å²) in [6.07, 6.45) is -0.534. The molecule has 13 heavy (non-hydrogen) atoms. The maximum absolute atomic E-state index is 12.6. The van der Waals surface area contributed by atoms with Gasteiger partial charge in [0.25, 0.3) is 5.92 Å². The molecule has 1 aliphatic carbocycles. The molecule has 0 bridgehead atoms. The smallest absolute Gasteiger partial charge is 0.252 e. The van der Waals surface area contributed by atoms with Crippen LogP contribution in [-0.4, -0.2) is 5.92 Å². The lowest BCUT2D eigenvalue weighted by Gasteiger charge is -2.43. The Hall–Kier alpha value is -0.190. The molecule has 1 aromatic rings. The van der Waals surface area contributed by atoms with E-state index >= 15 is 0 Å². The third-order valence-corrected chi connectivity index (χ3v) is 3.70. The van der Waals surface area contributed by atoms with Crippen molar-refractivity contribution in [2.75, 3.05) is 0 Å². The van der Waals surface area contributed by atoms with Crippen molar-refractivity contribution >= 4 is 22.9 Å². The first-order valence-electron chi connectivity index (χ1n) is 3.83. The van der Waals surface area contributed by atoms with Gasteiger partial charge in [0, 0.05) is 23.1 Å². The first kappa shape index (κ1) is 9.37. The fraction of sp³-hybridized carbons (Fsp3) is 0.500. The maximum Gasteiger partial charge on any atom is 0.252 e. The molecule has 1 fully saturated rings. The van der Waals surface area contributed by atoms with Gasteiger partial charge in [-0.15, -0.1) is 11.3 Å². The summed E-state index contributed by atoms with van der Waals surface area (Å²) in [4.78, 5) is 0.753. The fourth-order valence-corrected chi connectivity index (χ4v) is 2.81. The minimum atomic E-state index is -2.59. The van der Waals surface area contributed by atoms with Crippen molar-refractivity contribution in [3.8, 4) is 0 Å². The number of halogens is 3. The molecule has 0 amide bonds. The van der Waals surface area contributed by atoms with E-state index in [1.54, 1.807) is 11.4 Å². The van der Waals surface area contributed by atoms with E-state index in [9.17, 15) is 8.78 Å². The van der Waals surface area contributed by atoms with Gasteiger partial charge in [0.2, 0.25) is 0 Å². The summed E-state index contributed by atoms with van der Waals surface area (Å²) in [5.41, 5.74) is 4.94. The van der Waals surface area contributed by atoms with Gasteiger partial charge in [0.05, 0.1) is 10.6 Å². The summed E-state index contributed by atoms with van der Waals surface area (Å²) in [5.74, 6) is -2.59. The molecule has 0 unspecified atom stereocenters. The number of rotatable bonds is 1.